The number of hydrogen-bond donors (Lipinski definition) is 0. The van der Waals surface area contributed by atoms with Crippen LogP contribution in [0.25, 0.3) is 117 Å². The van der Waals surface area contributed by atoms with Crippen LogP contribution in [0.1, 0.15) is 25.0 Å². The van der Waals surface area contributed by atoms with Gasteiger partial charge in [-0.2, -0.15) is 0 Å². The number of hydrogen-bond acceptors (Lipinski definition) is 4. The zero-order chi connectivity index (χ0) is 43.2. The van der Waals surface area contributed by atoms with E-state index in [1.54, 1.807) is 0 Å². The van der Waals surface area contributed by atoms with E-state index in [4.69, 9.17) is 19.4 Å². The molecule has 0 spiro atoms. The van der Waals surface area contributed by atoms with Crippen LogP contribution in [0, 0.1) is 0 Å². The van der Waals surface area contributed by atoms with Gasteiger partial charge in [0.2, 0.25) is 0 Å². The lowest BCUT2D eigenvalue weighted by Gasteiger charge is -2.24. The van der Waals surface area contributed by atoms with Crippen LogP contribution in [-0.2, 0) is 5.41 Å². The normalized spacial score (nSPS) is 12.9. The summed E-state index contributed by atoms with van der Waals surface area (Å²) in [6.45, 7) is 4.67. The van der Waals surface area contributed by atoms with E-state index < -0.39 is 0 Å². The van der Waals surface area contributed by atoms with E-state index in [1.165, 1.54) is 49.7 Å². The van der Waals surface area contributed by atoms with Crippen molar-refractivity contribution in [2.75, 3.05) is 0 Å². The molecule has 306 valence electrons. The Morgan fingerprint density at radius 3 is 1.74 bits per heavy atom. The van der Waals surface area contributed by atoms with Gasteiger partial charge >= 0.3 is 0 Å². The summed E-state index contributed by atoms with van der Waals surface area (Å²) in [5, 5.41) is 4.52. The summed E-state index contributed by atoms with van der Waals surface area (Å²) in [6, 6.07) is 73.1. The molecule has 3 heterocycles. The Morgan fingerprint density at radius 1 is 0.369 bits per heavy atom. The van der Waals surface area contributed by atoms with Crippen LogP contribution >= 0.6 is 0 Å². The van der Waals surface area contributed by atoms with Gasteiger partial charge < -0.3 is 8.98 Å². The zero-order valence-electron chi connectivity index (χ0n) is 35.8. The first-order valence-corrected chi connectivity index (χ1v) is 22.2. The van der Waals surface area contributed by atoms with Crippen LogP contribution in [0.4, 0.5) is 0 Å². The number of fused-ring (bicyclic) bond motifs is 9. The summed E-state index contributed by atoms with van der Waals surface area (Å²) in [6.07, 6.45) is 0. The lowest BCUT2D eigenvalue weighted by atomic mass is 9.79. The highest BCUT2D eigenvalue weighted by Gasteiger charge is 2.37. The molecule has 0 aliphatic heterocycles. The molecule has 0 unspecified atom stereocenters. The van der Waals surface area contributed by atoms with Crippen LogP contribution in [-0.4, -0.2) is 19.5 Å². The maximum atomic E-state index is 6.76. The minimum absolute atomic E-state index is 0.145. The van der Waals surface area contributed by atoms with Gasteiger partial charge in [0.15, 0.2) is 17.5 Å². The maximum Gasteiger partial charge on any atom is 0.164 e. The van der Waals surface area contributed by atoms with Gasteiger partial charge in [-0.3, -0.25) is 0 Å². The summed E-state index contributed by atoms with van der Waals surface area (Å²) >= 11 is 0. The molecule has 1 aliphatic carbocycles. The standard InChI is InChI=1S/C60H40N4O/c1-60(2)51-25-11-9-21-45(51)50-24-14-23-44(56(50)60)40-19-13-20-41(33-40)58-61-57(38-17-7-4-8-18-38)62-59(63-58)42-28-31-48-49-32-29-43(36-55(49)65-54(48)35-42)64-52-26-12-10-22-46(52)47-30-27-39(34-53(47)64)37-15-5-3-6-16-37/h3-36H,1-2H3. The van der Waals surface area contributed by atoms with Crippen molar-refractivity contribution < 1.29 is 4.42 Å². The highest BCUT2D eigenvalue weighted by Crippen LogP contribution is 2.52. The number of nitrogens with zero attached hydrogens (tertiary/aromatic N) is 4. The van der Waals surface area contributed by atoms with E-state index in [1.807, 2.05) is 30.3 Å². The van der Waals surface area contributed by atoms with Crippen LogP contribution in [0.3, 0.4) is 0 Å². The SMILES string of the molecule is CC1(C)c2ccccc2-c2cccc(-c3cccc(-c4nc(-c5ccccc5)nc(-c5ccc6c(c5)oc5cc(-n7c8ccccc8c8ccc(-c9ccccc9)cc87)ccc56)n4)c3)c21. The predicted molar refractivity (Wildman–Crippen MR) is 266 cm³/mol. The molecule has 0 fully saturated rings. The molecule has 0 N–H and O–H groups in total. The molecule has 65 heavy (non-hydrogen) atoms. The summed E-state index contributed by atoms with van der Waals surface area (Å²) in [5.74, 6) is 1.81. The smallest absolute Gasteiger partial charge is 0.164 e. The minimum Gasteiger partial charge on any atom is -0.456 e. The van der Waals surface area contributed by atoms with Crippen LogP contribution in [0.2, 0.25) is 0 Å². The molecule has 12 aromatic rings. The second-order valence-electron chi connectivity index (χ2n) is 17.6. The van der Waals surface area contributed by atoms with Gasteiger partial charge in [0.25, 0.3) is 0 Å². The highest BCUT2D eigenvalue weighted by atomic mass is 16.3. The summed E-state index contributed by atoms with van der Waals surface area (Å²) in [4.78, 5) is 15.4. The lowest BCUT2D eigenvalue weighted by molar-refractivity contribution is 0.662. The van der Waals surface area contributed by atoms with Crippen molar-refractivity contribution in [1.82, 2.24) is 19.5 Å². The van der Waals surface area contributed by atoms with Crippen molar-refractivity contribution in [3.63, 3.8) is 0 Å². The lowest BCUT2D eigenvalue weighted by Crippen LogP contribution is -2.16. The third kappa shape index (κ3) is 5.89. The molecule has 0 amide bonds. The van der Waals surface area contributed by atoms with Gasteiger partial charge in [-0.15, -0.1) is 0 Å². The second kappa shape index (κ2) is 14.3. The van der Waals surface area contributed by atoms with Crippen molar-refractivity contribution in [3.05, 3.63) is 217 Å². The van der Waals surface area contributed by atoms with E-state index in [0.29, 0.717) is 17.5 Å². The van der Waals surface area contributed by atoms with Crippen molar-refractivity contribution >= 4 is 43.7 Å². The topological polar surface area (TPSA) is 56.7 Å². The van der Waals surface area contributed by atoms with E-state index in [2.05, 4.69) is 194 Å². The molecule has 9 aromatic carbocycles. The van der Waals surface area contributed by atoms with E-state index >= 15 is 0 Å². The Morgan fingerprint density at radius 2 is 0.923 bits per heavy atom. The highest BCUT2D eigenvalue weighted by molar-refractivity contribution is 6.11. The Bertz CT molecular complexity index is 3860. The van der Waals surface area contributed by atoms with E-state index in [9.17, 15) is 0 Å². The van der Waals surface area contributed by atoms with Gasteiger partial charge in [0, 0.05) is 55.4 Å². The molecule has 0 saturated heterocycles. The molecule has 0 bridgehead atoms. The largest absolute Gasteiger partial charge is 0.456 e. The summed E-state index contributed by atoms with van der Waals surface area (Å²) < 4.78 is 9.11. The van der Waals surface area contributed by atoms with Gasteiger partial charge in [-0.05, 0) is 87.0 Å². The Balaban J connectivity index is 0.920. The first kappa shape index (κ1) is 37.2. The van der Waals surface area contributed by atoms with Crippen molar-refractivity contribution in [1.29, 1.82) is 0 Å². The van der Waals surface area contributed by atoms with Crippen molar-refractivity contribution in [3.8, 4) is 73.2 Å². The fourth-order valence-corrected chi connectivity index (χ4v) is 10.4. The van der Waals surface area contributed by atoms with E-state index in [-0.39, 0.29) is 5.41 Å². The molecule has 5 heteroatoms. The quantitative estimate of drug-likeness (QED) is 0.167. The Hall–Kier alpha value is -8.41. The fraction of sp³-hybridized carbons (Fsp3) is 0.0500. The third-order valence-electron chi connectivity index (χ3n) is 13.4. The number of aromatic nitrogens is 4. The Kier molecular flexibility index (Phi) is 8.18. The maximum absolute atomic E-state index is 6.76. The molecular weight excluding hydrogens is 793 g/mol. The molecule has 5 nitrogen and oxygen atoms in total. The van der Waals surface area contributed by atoms with Gasteiger partial charge in [0.1, 0.15) is 11.2 Å². The van der Waals surface area contributed by atoms with Crippen LogP contribution in [0.5, 0.6) is 0 Å². The monoisotopic (exact) mass is 832 g/mol. The molecule has 3 aromatic heterocycles. The summed E-state index contributed by atoms with van der Waals surface area (Å²) in [5.41, 5.74) is 17.5. The average molecular weight is 833 g/mol. The van der Waals surface area contributed by atoms with Crippen LogP contribution in [0.15, 0.2) is 211 Å². The van der Waals surface area contributed by atoms with E-state index in [0.717, 1.165) is 60.9 Å². The number of furan rings is 1. The third-order valence-corrected chi connectivity index (χ3v) is 13.4. The van der Waals surface area contributed by atoms with Gasteiger partial charge in [0.05, 0.1) is 11.0 Å². The molecule has 0 radical (unpaired) electrons. The second-order valence-corrected chi connectivity index (χ2v) is 17.6. The number of rotatable bonds is 6. The average Bonchev–Trinajstić information content (AvgIpc) is 3.98. The predicted octanol–water partition coefficient (Wildman–Crippen LogP) is 15.5. The Labute approximate surface area is 376 Å². The summed E-state index contributed by atoms with van der Waals surface area (Å²) in [7, 11) is 0. The number of para-hydroxylation sites is 1. The molecule has 0 saturated carbocycles. The zero-order valence-corrected chi connectivity index (χ0v) is 35.8. The molecule has 0 atom stereocenters. The van der Waals surface area contributed by atoms with Gasteiger partial charge in [-0.25, -0.2) is 15.0 Å². The molecule has 13 rings (SSSR count). The first-order chi connectivity index (χ1) is 32.0. The molecular formula is C60H40N4O. The molecule has 1 aliphatic rings. The van der Waals surface area contributed by atoms with Gasteiger partial charge in [-0.1, -0.05) is 172 Å². The van der Waals surface area contributed by atoms with Crippen LogP contribution < -0.4 is 0 Å². The van der Waals surface area contributed by atoms with Crippen molar-refractivity contribution in [2.24, 2.45) is 0 Å². The van der Waals surface area contributed by atoms with Crippen molar-refractivity contribution in [2.45, 2.75) is 19.3 Å². The minimum atomic E-state index is -0.145. The first-order valence-electron chi connectivity index (χ1n) is 22.2. The number of benzene rings is 9. The fourth-order valence-electron chi connectivity index (χ4n) is 10.4.